The highest BCUT2D eigenvalue weighted by molar-refractivity contribution is 5.95. The molecule has 2 amide bonds. The Balaban J connectivity index is 1.65. The lowest BCUT2D eigenvalue weighted by Crippen LogP contribution is -2.51. The summed E-state index contributed by atoms with van der Waals surface area (Å²) in [7, 11) is 1.85. The van der Waals surface area contributed by atoms with Crippen molar-refractivity contribution in [3.8, 4) is 0 Å². The Morgan fingerprint density at radius 1 is 1.24 bits per heavy atom. The van der Waals surface area contributed by atoms with E-state index in [2.05, 4.69) is 10.4 Å². The summed E-state index contributed by atoms with van der Waals surface area (Å²) in [6.45, 7) is 3.52. The molecule has 6 nitrogen and oxygen atoms in total. The van der Waals surface area contributed by atoms with Crippen LogP contribution in [0.15, 0.2) is 42.6 Å². The van der Waals surface area contributed by atoms with Gasteiger partial charge >= 0.3 is 0 Å². The molecule has 0 aliphatic carbocycles. The molecule has 1 atom stereocenters. The third-order valence-electron chi connectivity index (χ3n) is 4.91. The number of nitrogens with zero attached hydrogens (tertiary/aromatic N) is 3. The average molecular weight is 340 g/mol. The third kappa shape index (κ3) is 3.73. The monoisotopic (exact) mass is 340 g/mol. The van der Waals surface area contributed by atoms with Gasteiger partial charge in [-0.15, -0.1) is 0 Å². The SMILES string of the molecule is Cn1nccc1CNC(=O)C1(C)CCCN(C(=O)c2ccccc2)C1. The van der Waals surface area contributed by atoms with Crippen LogP contribution in [0.25, 0.3) is 0 Å². The minimum Gasteiger partial charge on any atom is -0.350 e. The van der Waals surface area contributed by atoms with E-state index in [4.69, 9.17) is 0 Å². The number of amides is 2. The predicted molar refractivity (Wildman–Crippen MR) is 94.7 cm³/mol. The summed E-state index contributed by atoms with van der Waals surface area (Å²) in [5, 5.41) is 7.10. The predicted octanol–water partition coefficient (Wildman–Crippen LogP) is 1.98. The molecule has 132 valence electrons. The fourth-order valence-corrected chi connectivity index (χ4v) is 3.32. The van der Waals surface area contributed by atoms with Crippen molar-refractivity contribution in [1.82, 2.24) is 20.0 Å². The molecule has 0 radical (unpaired) electrons. The molecule has 1 aliphatic heterocycles. The lowest BCUT2D eigenvalue weighted by atomic mass is 9.80. The number of piperidine rings is 1. The molecule has 25 heavy (non-hydrogen) atoms. The lowest BCUT2D eigenvalue weighted by Gasteiger charge is -2.39. The molecule has 1 unspecified atom stereocenters. The fourth-order valence-electron chi connectivity index (χ4n) is 3.32. The molecular formula is C19H24N4O2. The Morgan fingerprint density at radius 2 is 2.00 bits per heavy atom. The van der Waals surface area contributed by atoms with Crippen LogP contribution in [0.4, 0.5) is 0 Å². The van der Waals surface area contributed by atoms with Crippen LogP contribution in [0.5, 0.6) is 0 Å². The molecule has 2 aromatic rings. The van der Waals surface area contributed by atoms with Gasteiger partial charge in [-0.2, -0.15) is 5.10 Å². The van der Waals surface area contributed by atoms with E-state index in [0.717, 1.165) is 18.5 Å². The minimum atomic E-state index is -0.568. The van der Waals surface area contributed by atoms with Gasteiger partial charge < -0.3 is 10.2 Å². The first kappa shape index (κ1) is 17.2. The number of rotatable bonds is 4. The van der Waals surface area contributed by atoms with Crippen LogP contribution in [-0.4, -0.2) is 39.6 Å². The molecule has 1 saturated heterocycles. The van der Waals surface area contributed by atoms with Gasteiger partial charge in [-0.1, -0.05) is 18.2 Å². The zero-order valence-electron chi connectivity index (χ0n) is 14.7. The number of aryl methyl sites for hydroxylation is 1. The maximum absolute atomic E-state index is 12.8. The first-order valence-electron chi connectivity index (χ1n) is 8.59. The first-order chi connectivity index (χ1) is 12.0. The second kappa shape index (κ2) is 7.09. The second-order valence-electron chi connectivity index (χ2n) is 6.89. The smallest absolute Gasteiger partial charge is 0.253 e. The van der Waals surface area contributed by atoms with Gasteiger partial charge in [-0.05, 0) is 38.0 Å². The first-order valence-corrected chi connectivity index (χ1v) is 8.59. The van der Waals surface area contributed by atoms with E-state index < -0.39 is 5.41 Å². The van der Waals surface area contributed by atoms with E-state index in [0.29, 0.717) is 25.2 Å². The normalized spacial score (nSPS) is 20.3. The zero-order chi connectivity index (χ0) is 17.9. The number of carbonyl (C=O) groups is 2. The highest BCUT2D eigenvalue weighted by Gasteiger charge is 2.39. The molecule has 0 bridgehead atoms. The van der Waals surface area contributed by atoms with Gasteiger partial charge in [-0.3, -0.25) is 14.3 Å². The van der Waals surface area contributed by atoms with Crippen molar-refractivity contribution in [2.24, 2.45) is 12.5 Å². The summed E-state index contributed by atoms with van der Waals surface area (Å²) in [5.74, 6) is -0.0229. The Bertz CT molecular complexity index is 756. The molecule has 1 aliphatic rings. The highest BCUT2D eigenvalue weighted by Crippen LogP contribution is 2.30. The number of hydrogen-bond acceptors (Lipinski definition) is 3. The highest BCUT2D eigenvalue weighted by atomic mass is 16.2. The van der Waals surface area contributed by atoms with Gasteiger partial charge in [0, 0.05) is 31.9 Å². The number of aromatic nitrogens is 2. The maximum atomic E-state index is 12.8. The van der Waals surface area contributed by atoms with Crippen LogP contribution in [0.1, 0.15) is 35.8 Å². The summed E-state index contributed by atoms with van der Waals surface area (Å²) in [4.78, 5) is 27.2. The molecule has 1 N–H and O–H groups in total. The standard InChI is InChI=1S/C19H24N4O2/c1-19(18(25)20-13-16-9-11-21-22(16)2)10-6-12-23(14-19)17(24)15-7-4-3-5-8-15/h3-5,7-9,11H,6,10,12-14H2,1-2H3,(H,20,25). The summed E-state index contributed by atoms with van der Waals surface area (Å²) in [6, 6.07) is 11.1. The van der Waals surface area contributed by atoms with Gasteiger partial charge in [0.25, 0.3) is 5.91 Å². The molecule has 2 heterocycles. The number of likely N-dealkylation sites (tertiary alicyclic amines) is 1. The van der Waals surface area contributed by atoms with Crippen LogP contribution in [0, 0.1) is 5.41 Å². The van der Waals surface area contributed by atoms with Gasteiger partial charge in [0.1, 0.15) is 0 Å². The van der Waals surface area contributed by atoms with Crippen molar-refractivity contribution < 1.29 is 9.59 Å². The van der Waals surface area contributed by atoms with E-state index in [1.54, 1.807) is 15.8 Å². The maximum Gasteiger partial charge on any atom is 0.253 e. The zero-order valence-corrected chi connectivity index (χ0v) is 14.7. The number of hydrogen-bond donors (Lipinski definition) is 1. The molecule has 1 fully saturated rings. The van der Waals surface area contributed by atoms with Gasteiger partial charge in [0.05, 0.1) is 17.7 Å². The summed E-state index contributed by atoms with van der Waals surface area (Å²) < 4.78 is 1.74. The van der Waals surface area contributed by atoms with E-state index in [9.17, 15) is 9.59 Å². The van der Waals surface area contributed by atoms with Crippen molar-refractivity contribution in [3.05, 3.63) is 53.9 Å². The van der Waals surface area contributed by atoms with Crippen LogP contribution in [0.3, 0.4) is 0 Å². The Labute approximate surface area is 147 Å². The Morgan fingerprint density at radius 3 is 2.68 bits per heavy atom. The minimum absolute atomic E-state index is 0.00837. The molecular weight excluding hydrogens is 316 g/mol. The Kier molecular flexibility index (Phi) is 4.88. The number of nitrogens with one attached hydrogen (secondary N) is 1. The van der Waals surface area contributed by atoms with Crippen molar-refractivity contribution in [1.29, 1.82) is 0 Å². The molecule has 1 aromatic carbocycles. The summed E-state index contributed by atoms with van der Waals surface area (Å²) in [5.41, 5.74) is 1.05. The van der Waals surface area contributed by atoms with Crippen molar-refractivity contribution in [2.45, 2.75) is 26.3 Å². The van der Waals surface area contributed by atoms with E-state index >= 15 is 0 Å². The van der Waals surface area contributed by atoms with E-state index in [1.165, 1.54) is 0 Å². The molecule has 0 saturated carbocycles. The van der Waals surface area contributed by atoms with Gasteiger partial charge in [-0.25, -0.2) is 0 Å². The van der Waals surface area contributed by atoms with Crippen LogP contribution >= 0.6 is 0 Å². The largest absolute Gasteiger partial charge is 0.350 e. The quantitative estimate of drug-likeness (QED) is 0.925. The Hall–Kier alpha value is -2.63. The lowest BCUT2D eigenvalue weighted by molar-refractivity contribution is -0.132. The van der Waals surface area contributed by atoms with Crippen LogP contribution < -0.4 is 5.32 Å². The topological polar surface area (TPSA) is 67.2 Å². The van der Waals surface area contributed by atoms with Crippen molar-refractivity contribution >= 4 is 11.8 Å². The van der Waals surface area contributed by atoms with Gasteiger partial charge in [0.15, 0.2) is 0 Å². The molecule has 0 spiro atoms. The molecule has 3 rings (SSSR count). The molecule has 6 heteroatoms. The van der Waals surface area contributed by atoms with Crippen LogP contribution in [0.2, 0.25) is 0 Å². The van der Waals surface area contributed by atoms with E-state index in [1.807, 2.05) is 50.4 Å². The molecule has 1 aromatic heterocycles. The second-order valence-corrected chi connectivity index (χ2v) is 6.89. The van der Waals surface area contributed by atoms with E-state index in [-0.39, 0.29) is 11.8 Å². The average Bonchev–Trinajstić information content (AvgIpc) is 3.04. The van der Waals surface area contributed by atoms with Crippen molar-refractivity contribution in [2.75, 3.05) is 13.1 Å². The summed E-state index contributed by atoms with van der Waals surface area (Å²) in [6.07, 6.45) is 3.32. The van der Waals surface area contributed by atoms with Crippen molar-refractivity contribution in [3.63, 3.8) is 0 Å². The van der Waals surface area contributed by atoms with Crippen LogP contribution in [-0.2, 0) is 18.4 Å². The fraction of sp³-hybridized carbons (Fsp3) is 0.421. The number of benzene rings is 1. The third-order valence-corrected chi connectivity index (χ3v) is 4.91. The number of carbonyl (C=O) groups excluding carboxylic acids is 2. The summed E-state index contributed by atoms with van der Waals surface area (Å²) >= 11 is 0. The van der Waals surface area contributed by atoms with Gasteiger partial charge in [0.2, 0.25) is 5.91 Å².